The van der Waals surface area contributed by atoms with Crippen LogP contribution in [0.25, 0.3) is 0 Å². The molecule has 0 bridgehead atoms. The normalized spacial score (nSPS) is 36.3. The Hall–Kier alpha value is -0.330. The van der Waals surface area contributed by atoms with Crippen LogP contribution in [0.1, 0.15) is 52.4 Å². The molecule has 12 heavy (non-hydrogen) atoms. The van der Waals surface area contributed by atoms with E-state index < -0.39 is 0 Å². The first kappa shape index (κ1) is 9.76. The van der Waals surface area contributed by atoms with Crippen molar-refractivity contribution in [1.29, 1.82) is 0 Å². The lowest BCUT2D eigenvalue weighted by atomic mass is 9.69. The Kier molecular flexibility index (Phi) is 3.30. The third kappa shape index (κ3) is 2.09. The first-order valence-electron chi connectivity index (χ1n) is 5.19. The van der Waals surface area contributed by atoms with Crippen LogP contribution in [0.15, 0.2) is 0 Å². The summed E-state index contributed by atoms with van der Waals surface area (Å²) in [5.41, 5.74) is 0.0707. The van der Waals surface area contributed by atoms with E-state index in [9.17, 15) is 4.79 Å². The number of carbonyl (C=O) groups is 1. The van der Waals surface area contributed by atoms with Gasteiger partial charge < -0.3 is 4.79 Å². The molecule has 1 aliphatic carbocycles. The third-order valence-electron chi connectivity index (χ3n) is 3.27. The molecule has 1 heteroatoms. The van der Waals surface area contributed by atoms with Crippen LogP contribution in [0, 0.1) is 11.3 Å². The molecule has 0 radical (unpaired) electrons. The molecule has 0 aromatic heterocycles. The number of rotatable bonds is 3. The second kappa shape index (κ2) is 4.06. The minimum Gasteiger partial charge on any atom is -0.303 e. The maximum absolute atomic E-state index is 11.0. The lowest BCUT2D eigenvalue weighted by molar-refractivity contribution is -0.118. The summed E-state index contributed by atoms with van der Waals surface area (Å²) in [5, 5.41) is 0. The van der Waals surface area contributed by atoms with Crippen LogP contribution in [0.5, 0.6) is 0 Å². The Morgan fingerprint density at radius 3 is 2.42 bits per heavy atom. The topological polar surface area (TPSA) is 17.1 Å². The van der Waals surface area contributed by atoms with Crippen LogP contribution in [-0.2, 0) is 4.79 Å². The number of hydrogen-bond acceptors (Lipinski definition) is 1. The van der Waals surface area contributed by atoms with Gasteiger partial charge in [-0.1, -0.05) is 20.3 Å². The van der Waals surface area contributed by atoms with E-state index in [1.165, 1.54) is 19.1 Å². The molecule has 0 amide bonds. The highest BCUT2D eigenvalue weighted by Gasteiger charge is 2.32. The highest BCUT2D eigenvalue weighted by molar-refractivity contribution is 5.59. The van der Waals surface area contributed by atoms with Gasteiger partial charge in [-0.15, -0.1) is 0 Å². The fourth-order valence-electron chi connectivity index (χ4n) is 2.26. The molecule has 0 saturated heterocycles. The van der Waals surface area contributed by atoms with Crippen LogP contribution < -0.4 is 0 Å². The maximum Gasteiger partial charge on any atom is 0.126 e. The summed E-state index contributed by atoms with van der Waals surface area (Å²) >= 11 is 0. The van der Waals surface area contributed by atoms with Crippen LogP contribution in [0.3, 0.4) is 0 Å². The molecule has 0 atom stereocenters. The smallest absolute Gasteiger partial charge is 0.126 e. The molecule has 0 heterocycles. The van der Waals surface area contributed by atoms with Gasteiger partial charge in [-0.2, -0.15) is 0 Å². The molecule has 0 unspecified atom stereocenters. The van der Waals surface area contributed by atoms with Gasteiger partial charge in [0.25, 0.3) is 0 Å². The molecule has 1 rings (SSSR count). The lowest BCUT2D eigenvalue weighted by Gasteiger charge is -2.34. The molecule has 0 aliphatic heterocycles. The first-order valence-corrected chi connectivity index (χ1v) is 5.19. The third-order valence-corrected chi connectivity index (χ3v) is 3.27. The summed E-state index contributed by atoms with van der Waals surface area (Å²) in [5.74, 6) is 0.843. The van der Waals surface area contributed by atoms with Crippen molar-refractivity contribution in [3.63, 3.8) is 0 Å². The monoisotopic (exact) mass is 168 g/mol. The molecule has 1 nitrogen and oxygen atoms in total. The number of hydrogen-bond donors (Lipinski definition) is 0. The van der Waals surface area contributed by atoms with E-state index in [4.69, 9.17) is 0 Å². The van der Waals surface area contributed by atoms with E-state index in [-0.39, 0.29) is 5.41 Å². The maximum atomic E-state index is 11.0. The van der Waals surface area contributed by atoms with Crippen molar-refractivity contribution < 1.29 is 4.79 Å². The molecular formula is C11H20O. The van der Waals surface area contributed by atoms with Crippen LogP contribution in [0.2, 0.25) is 0 Å². The van der Waals surface area contributed by atoms with Crippen LogP contribution in [0.4, 0.5) is 0 Å². The van der Waals surface area contributed by atoms with Crippen molar-refractivity contribution in [2.45, 2.75) is 52.4 Å². The Labute approximate surface area is 75.5 Å². The predicted molar refractivity (Wildman–Crippen MR) is 51.0 cm³/mol. The second-order valence-corrected chi connectivity index (χ2v) is 4.41. The van der Waals surface area contributed by atoms with Crippen LogP contribution in [-0.4, -0.2) is 6.29 Å². The average Bonchev–Trinajstić information content (AvgIpc) is 2.10. The fourth-order valence-corrected chi connectivity index (χ4v) is 2.26. The van der Waals surface area contributed by atoms with Gasteiger partial charge in [0.05, 0.1) is 0 Å². The number of aldehydes is 1. The molecule has 0 spiro atoms. The predicted octanol–water partition coefficient (Wildman–Crippen LogP) is 3.18. The van der Waals surface area contributed by atoms with E-state index in [0.29, 0.717) is 0 Å². The van der Waals surface area contributed by atoms with Gasteiger partial charge in [0, 0.05) is 5.41 Å². The lowest BCUT2D eigenvalue weighted by Crippen LogP contribution is -2.28. The average molecular weight is 168 g/mol. The molecular weight excluding hydrogens is 148 g/mol. The van der Waals surface area contributed by atoms with E-state index in [0.717, 1.165) is 31.6 Å². The SMILES string of the molecule is CCCC1(C=O)CCC(C)CC1. The summed E-state index contributed by atoms with van der Waals surface area (Å²) in [7, 11) is 0. The summed E-state index contributed by atoms with van der Waals surface area (Å²) in [6.45, 7) is 4.46. The summed E-state index contributed by atoms with van der Waals surface area (Å²) in [6.07, 6.45) is 8.23. The van der Waals surface area contributed by atoms with Gasteiger partial charge in [-0.05, 0) is 38.0 Å². The van der Waals surface area contributed by atoms with Gasteiger partial charge in [-0.3, -0.25) is 0 Å². The summed E-state index contributed by atoms with van der Waals surface area (Å²) in [6, 6.07) is 0. The zero-order valence-electron chi connectivity index (χ0n) is 8.31. The van der Waals surface area contributed by atoms with E-state index >= 15 is 0 Å². The standard InChI is InChI=1S/C11H20O/c1-3-6-11(9-12)7-4-10(2)5-8-11/h9-10H,3-8H2,1-2H3. The van der Waals surface area contributed by atoms with Gasteiger partial charge in [0.1, 0.15) is 6.29 Å². The molecule has 1 aliphatic rings. The molecule has 1 fully saturated rings. The van der Waals surface area contributed by atoms with Crippen molar-refractivity contribution in [2.75, 3.05) is 0 Å². The Morgan fingerprint density at radius 1 is 1.42 bits per heavy atom. The highest BCUT2D eigenvalue weighted by Crippen LogP contribution is 2.40. The fraction of sp³-hybridized carbons (Fsp3) is 0.909. The minimum absolute atomic E-state index is 0.0707. The zero-order chi connectivity index (χ0) is 9.03. The Bertz CT molecular complexity index is 143. The quantitative estimate of drug-likeness (QED) is 0.591. The zero-order valence-corrected chi connectivity index (χ0v) is 8.31. The van der Waals surface area contributed by atoms with Gasteiger partial charge in [-0.25, -0.2) is 0 Å². The van der Waals surface area contributed by atoms with E-state index in [1.54, 1.807) is 0 Å². The van der Waals surface area contributed by atoms with Crippen LogP contribution >= 0.6 is 0 Å². The minimum atomic E-state index is 0.0707. The van der Waals surface area contributed by atoms with Gasteiger partial charge >= 0.3 is 0 Å². The molecule has 1 saturated carbocycles. The van der Waals surface area contributed by atoms with Crippen molar-refractivity contribution >= 4 is 6.29 Å². The molecule has 0 N–H and O–H groups in total. The molecule has 0 aromatic rings. The van der Waals surface area contributed by atoms with E-state index in [1.807, 2.05) is 0 Å². The second-order valence-electron chi connectivity index (χ2n) is 4.41. The van der Waals surface area contributed by atoms with Crippen molar-refractivity contribution in [3.05, 3.63) is 0 Å². The van der Waals surface area contributed by atoms with Crippen molar-refractivity contribution in [2.24, 2.45) is 11.3 Å². The largest absolute Gasteiger partial charge is 0.303 e. The summed E-state index contributed by atoms with van der Waals surface area (Å²) < 4.78 is 0. The summed E-state index contributed by atoms with van der Waals surface area (Å²) in [4.78, 5) is 11.0. The molecule has 0 aromatic carbocycles. The van der Waals surface area contributed by atoms with Gasteiger partial charge in [0.2, 0.25) is 0 Å². The Balaban J connectivity index is 2.50. The first-order chi connectivity index (χ1) is 5.72. The van der Waals surface area contributed by atoms with Crippen molar-refractivity contribution in [1.82, 2.24) is 0 Å². The molecule has 70 valence electrons. The van der Waals surface area contributed by atoms with E-state index in [2.05, 4.69) is 13.8 Å². The van der Waals surface area contributed by atoms with Crippen molar-refractivity contribution in [3.8, 4) is 0 Å². The van der Waals surface area contributed by atoms with Gasteiger partial charge in [0.15, 0.2) is 0 Å². The number of carbonyl (C=O) groups excluding carboxylic acids is 1. The highest BCUT2D eigenvalue weighted by atomic mass is 16.1. The Morgan fingerprint density at radius 2 is 2.00 bits per heavy atom.